The Morgan fingerprint density at radius 2 is 0.653 bits per heavy atom. The minimum atomic E-state index is 1.11. The van der Waals surface area contributed by atoms with Crippen LogP contribution in [0.25, 0.3) is 132 Å². The number of benzene rings is 12. The van der Waals surface area contributed by atoms with Crippen LogP contribution in [0, 0.1) is 27.7 Å². The Balaban J connectivity index is 1.16. The molecule has 14 aromatic rings. The second kappa shape index (κ2) is 16.3. The first-order valence-electron chi connectivity index (χ1n) is 25.2. The maximum Gasteiger partial charge on any atom is 0.0709 e. The van der Waals surface area contributed by atoms with Gasteiger partial charge in [0.05, 0.1) is 22.1 Å². The van der Waals surface area contributed by atoms with Gasteiger partial charge in [-0.25, -0.2) is 0 Å². The van der Waals surface area contributed by atoms with E-state index in [1.54, 1.807) is 0 Å². The van der Waals surface area contributed by atoms with Crippen molar-refractivity contribution >= 4 is 75.9 Å². The molecule has 340 valence electrons. The highest BCUT2D eigenvalue weighted by Gasteiger charge is 2.23. The summed E-state index contributed by atoms with van der Waals surface area (Å²) in [4.78, 5) is 0. The van der Waals surface area contributed by atoms with Gasteiger partial charge in [0.25, 0.3) is 0 Å². The molecule has 0 saturated carbocycles. The fraction of sp³-hybridized carbons (Fsp3) is 0.0571. The molecule has 13 aromatic carbocycles. The number of aromatic nitrogens is 2. The number of hydrogen-bond acceptors (Lipinski definition) is 0. The third kappa shape index (κ3) is 6.56. The summed E-state index contributed by atoms with van der Waals surface area (Å²) in [6.07, 6.45) is 0. The number of rotatable bonds is 6. The van der Waals surface area contributed by atoms with Crippen molar-refractivity contribution in [3.8, 4) is 55.9 Å². The monoisotopic (exact) mass is 918 g/mol. The first-order valence-corrected chi connectivity index (χ1v) is 25.2. The number of hydrogen-bond donors (Lipinski definition) is 0. The molecule has 0 unspecified atom stereocenters. The lowest BCUT2D eigenvalue weighted by Gasteiger charge is -2.25. The average Bonchev–Trinajstić information content (AvgIpc) is 3.42. The van der Waals surface area contributed by atoms with E-state index in [0.29, 0.717) is 0 Å². The molecule has 0 atom stereocenters. The standard InChI is InChI=1S/C70H50N2/c1-43-25-32-63(45(3)35-43)71-65-34-28-54(52-22-14-20-50(38-52)48-17-9-6-10-18-48)40-67(65)72(64-33-26-44(2)36-46(64)4)68-42-61-55-23-11-12-24-56(55)66(71)41-62(61)59-31-30-58-60-39-53(27-29-57(60)69(58)70(59)68)51-21-13-19-49(37-51)47-15-7-5-8-16-47/h5-42H,1-4H3. The Kier molecular flexibility index (Phi) is 9.50. The van der Waals surface area contributed by atoms with Crippen LogP contribution in [0.1, 0.15) is 22.3 Å². The van der Waals surface area contributed by atoms with Crippen LogP contribution in [0.4, 0.5) is 0 Å². The van der Waals surface area contributed by atoms with E-state index < -0.39 is 0 Å². The molecule has 0 saturated heterocycles. The van der Waals surface area contributed by atoms with Gasteiger partial charge in [0.1, 0.15) is 0 Å². The molecule has 2 nitrogen and oxygen atoms in total. The van der Waals surface area contributed by atoms with Crippen molar-refractivity contribution < 1.29 is 0 Å². The maximum absolute atomic E-state index is 2.61. The highest BCUT2D eigenvalue weighted by Crippen LogP contribution is 2.48. The number of fused-ring (bicyclic) bond motifs is 5. The van der Waals surface area contributed by atoms with Gasteiger partial charge in [0.2, 0.25) is 0 Å². The predicted molar refractivity (Wildman–Crippen MR) is 308 cm³/mol. The van der Waals surface area contributed by atoms with E-state index >= 15 is 0 Å². The molecule has 0 spiro atoms. The van der Waals surface area contributed by atoms with Crippen LogP contribution in [0.2, 0.25) is 0 Å². The SMILES string of the molecule is Cc1ccc(-n2c3cc4c(cc(c5c4ccc4c6cc(-c7cccc(-c8ccccc8)c7)ccc6c45)n(-c4ccc(C)cc4C)c4cc(-c5cccc(-c6ccccc6)c5)ccc42)c2ccccc23)c(C)c1. The van der Waals surface area contributed by atoms with Gasteiger partial charge in [0.15, 0.2) is 0 Å². The quantitative estimate of drug-likeness (QED) is 0.147. The highest BCUT2D eigenvalue weighted by atomic mass is 15.0. The van der Waals surface area contributed by atoms with E-state index in [9.17, 15) is 0 Å². The van der Waals surface area contributed by atoms with Crippen LogP contribution in [0.15, 0.2) is 231 Å². The van der Waals surface area contributed by atoms with Gasteiger partial charge in [-0.05, 0) is 176 Å². The van der Waals surface area contributed by atoms with Crippen molar-refractivity contribution in [2.75, 3.05) is 0 Å². The summed E-state index contributed by atoms with van der Waals surface area (Å²) in [7, 11) is 0. The van der Waals surface area contributed by atoms with Gasteiger partial charge in [-0.15, -0.1) is 0 Å². The summed E-state index contributed by atoms with van der Waals surface area (Å²) in [6, 6.07) is 86.4. The summed E-state index contributed by atoms with van der Waals surface area (Å²) in [5, 5.41) is 12.7. The van der Waals surface area contributed by atoms with Gasteiger partial charge in [-0.2, -0.15) is 0 Å². The molecule has 1 heterocycles. The van der Waals surface area contributed by atoms with Crippen LogP contribution >= 0.6 is 0 Å². The molecule has 0 aliphatic carbocycles. The van der Waals surface area contributed by atoms with Crippen LogP contribution in [-0.4, -0.2) is 9.13 Å². The van der Waals surface area contributed by atoms with E-state index in [1.165, 1.54) is 121 Å². The van der Waals surface area contributed by atoms with Crippen molar-refractivity contribution in [3.63, 3.8) is 0 Å². The van der Waals surface area contributed by atoms with Crippen molar-refractivity contribution in [2.45, 2.75) is 27.7 Å². The van der Waals surface area contributed by atoms with Crippen LogP contribution < -0.4 is 0 Å². The fourth-order valence-electron chi connectivity index (χ4n) is 12.0. The zero-order valence-electron chi connectivity index (χ0n) is 40.8. The largest absolute Gasteiger partial charge is 0.307 e. The molecule has 0 amide bonds. The first kappa shape index (κ1) is 41.9. The minimum Gasteiger partial charge on any atom is -0.307 e. The molecule has 0 aliphatic heterocycles. The number of aryl methyl sites for hydroxylation is 4. The lowest BCUT2D eigenvalue weighted by Crippen LogP contribution is -2.07. The van der Waals surface area contributed by atoms with Gasteiger partial charge in [-0.3, -0.25) is 0 Å². The van der Waals surface area contributed by atoms with E-state index in [0.717, 1.165) is 33.5 Å². The number of nitrogens with zero attached hydrogens (tertiary/aromatic N) is 2. The molecule has 72 heavy (non-hydrogen) atoms. The maximum atomic E-state index is 2.61. The summed E-state index contributed by atoms with van der Waals surface area (Å²) < 4.78 is 5.17. The van der Waals surface area contributed by atoms with E-state index in [4.69, 9.17) is 0 Å². The molecule has 4 bridgehead atoms. The molecule has 0 radical (unpaired) electrons. The van der Waals surface area contributed by atoms with E-state index in [1.807, 2.05) is 0 Å². The normalized spacial score (nSPS) is 11.9. The average molecular weight is 919 g/mol. The van der Waals surface area contributed by atoms with Crippen molar-refractivity contribution in [1.29, 1.82) is 0 Å². The molecule has 14 rings (SSSR count). The second-order valence-electron chi connectivity index (χ2n) is 20.0. The Labute approximate surface area is 419 Å². The minimum absolute atomic E-state index is 1.11. The van der Waals surface area contributed by atoms with Gasteiger partial charge in [0, 0.05) is 27.5 Å². The van der Waals surface area contributed by atoms with Crippen LogP contribution in [-0.2, 0) is 0 Å². The zero-order chi connectivity index (χ0) is 48.2. The first-order chi connectivity index (χ1) is 35.3. The smallest absolute Gasteiger partial charge is 0.0709 e. The third-order valence-electron chi connectivity index (χ3n) is 15.4. The van der Waals surface area contributed by atoms with Crippen molar-refractivity contribution in [1.82, 2.24) is 9.13 Å². The lowest BCUT2D eigenvalue weighted by molar-refractivity contribution is 1.10. The molecule has 0 N–H and O–H groups in total. The Morgan fingerprint density at radius 3 is 1.25 bits per heavy atom. The Hall–Kier alpha value is -8.98. The Morgan fingerprint density at radius 1 is 0.222 bits per heavy atom. The Bertz CT molecular complexity index is 4510. The molecule has 0 aliphatic rings. The van der Waals surface area contributed by atoms with Crippen molar-refractivity contribution in [2.24, 2.45) is 0 Å². The summed E-state index contributed by atoms with van der Waals surface area (Å²) in [6.45, 7) is 8.94. The third-order valence-corrected chi connectivity index (χ3v) is 15.4. The molecule has 2 heteroatoms. The predicted octanol–water partition coefficient (Wildman–Crippen LogP) is 19.2. The summed E-state index contributed by atoms with van der Waals surface area (Å²) in [5.41, 5.74) is 21.4. The zero-order valence-corrected chi connectivity index (χ0v) is 40.8. The van der Waals surface area contributed by atoms with Crippen molar-refractivity contribution in [3.05, 3.63) is 253 Å². The highest BCUT2D eigenvalue weighted by molar-refractivity contribution is 6.39. The topological polar surface area (TPSA) is 9.86 Å². The molecular weight excluding hydrogens is 869 g/mol. The van der Waals surface area contributed by atoms with E-state index in [-0.39, 0.29) is 0 Å². The second-order valence-corrected chi connectivity index (χ2v) is 20.0. The van der Waals surface area contributed by atoms with Gasteiger partial charge in [-0.1, -0.05) is 187 Å². The summed E-state index contributed by atoms with van der Waals surface area (Å²) >= 11 is 0. The van der Waals surface area contributed by atoms with Gasteiger partial charge < -0.3 is 9.13 Å². The molecular formula is C70H50N2. The summed E-state index contributed by atoms with van der Waals surface area (Å²) in [5.74, 6) is 0. The van der Waals surface area contributed by atoms with E-state index in [2.05, 4.69) is 267 Å². The lowest BCUT2D eigenvalue weighted by atomic mass is 9.85. The fourth-order valence-corrected chi connectivity index (χ4v) is 12.0. The van der Waals surface area contributed by atoms with Crippen LogP contribution in [0.5, 0.6) is 0 Å². The molecule has 1 aromatic heterocycles. The van der Waals surface area contributed by atoms with Crippen LogP contribution in [0.3, 0.4) is 0 Å². The molecule has 0 fully saturated rings. The van der Waals surface area contributed by atoms with Gasteiger partial charge >= 0.3 is 0 Å².